The highest BCUT2D eigenvalue weighted by atomic mass is 16.5. The van der Waals surface area contributed by atoms with Crippen LogP contribution in [0.1, 0.15) is 19.3 Å². The molecule has 1 aliphatic heterocycles. The molecule has 4 nitrogen and oxygen atoms in total. The topological polar surface area (TPSA) is 41.6 Å². The highest BCUT2D eigenvalue weighted by molar-refractivity contribution is 5.82. The van der Waals surface area contributed by atoms with Crippen molar-refractivity contribution in [2.45, 2.75) is 31.3 Å². The molecule has 88 valence electrons. The van der Waals surface area contributed by atoms with E-state index in [9.17, 15) is 4.79 Å². The van der Waals surface area contributed by atoms with Crippen LogP contribution in [-0.4, -0.2) is 49.2 Å². The summed E-state index contributed by atoms with van der Waals surface area (Å²) < 4.78 is 5.36. The Morgan fingerprint density at radius 2 is 2.38 bits per heavy atom. The third-order valence-electron chi connectivity index (χ3n) is 3.01. The number of amides is 1. The van der Waals surface area contributed by atoms with Crippen LogP contribution < -0.4 is 5.32 Å². The number of hydrogen-bond acceptors (Lipinski definition) is 3. The van der Waals surface area contributed by atoms with Gasteiger partial charge in [-0.1, -0.05) is 0 Å². The fourth-order valence-corrected chi connectivity index (χ4v) is 1.88. The first-order valence-electron chi connectivity index (χ1n) is 5.87. The van der Waals surface area contributed by atoms with Gasteiger partial charge < -0.3 is 10.1 Å². The van der Waals surface area contributed by atoms with Gasteiger partial charge in [-0.05, 0) is 12.8 Å². The number of morpholine rings is 1. The zero-order chi connectivity index (χ0) is 11.4. The smallest absolute Gasteiger partial charge is 0.239 e. The third kappa shape index (κ3) is 2.97. The minimum absolute atomic E-state index is 0.0965. The minimum Gasteiger partial charge on any atom is -0.378 e. The molecule has 16 heavy (non-hydrogen) atoms. The largest absolute Gasteiger partial charge is 0.378 e. The van der Waals surface area contributed by atoms with Crippen molar-refractivity contribution in [1.29, 1.82) is 0 Å². The van der Waals surface area contributed by atoms with Crippen molar-refractivity contribution in [1.82, 2.24) is 10.2 Å². The van der Waals surface area contributed by atoms with Crippen molar-refractivity contribution in [3.05, 3.63) is 0 Å². The molecule has 0 radical (unpaired) electrons. The Hall–Kier alpha value is -1.05. The Kier molecular flexibility index (Phi) is 3.81. The molecule has 1 unspecified atom stereocenters. The SMILES string of the molecule is C#CCCN1CCOCC1C(=O)NC1CC1. The first-order chi connectivity index (χ1) is 7.81. The number of nitrogens with zero attached hydrogens (tertiary/aromatic N) is 1. The van der Waals surface area contributed by atoms with E-state index in [1.807, 2.05) is 0 Å². The lowest BCUT2D eigenvalue weighted by Gasteiger charge is -2.34. The molecule has 1 aliphatic carbocycles. The molecule has 1 amide bonds. The van der Waals surface area contributed by atoms with Crippen molar-refractivity contribution in [3.8, 4) is 12.3 Å². The predicted molar refractivity (Wildman–Crippen MR) is 60.8 cm³/mol. The Bertz CT molecular complexity index is 294. The van der Waals surface area contributed by atoms with Crippen molar-refractivity contribution >= 4 is 5.91 Å². The molecule has 0 aromatic rings. The maximum absolute atomic E-state index is 11.9. The summed E-state index contributed by atoms with van der Waals surface area (Å²) in [5, 5.41) is 3.02. The number of nitrogens with one attached hydrogen (secondary N) is 1. The van der Waals surface area contributed by atoms with Crippen molar-refractivity contribution in [3.63, 3.8) is 0 Å². The quantitative estimate of drug-likeness (QED) is 0.680. The van der Waals surface area contributed by atoms with Crippen molar-refractivity contribution in [2.75, 3.05) is 26.3 Å². The fraction of sp³-hybridized carbons (Fsp3) is 0.750. The number of carbonyl (C=O) groups excluding carboxylic acids is 1. The second-order valence-corrected chi connectivity index (χ2v) is 4.36. The third-order valence-corrected chi connectivity index (χ3v) is 3.01. The summed E-state index contributed by atoms with van der Waals surface area (Å²) in [5.41, 5.74) is 0. The zero-order valence-electron chi connectivity index (χ0n) is 9.45. The molecule has 0 aromatic heterocycles. The van der Waals surface area contributed by atoms with E-state index >= 15 is 0 Å². The summed E-state index contributed by atoms with van der Waals surface area (Å²) in [5.74, 6) is 2.71. The summed E-state index contributed by atoms with van der Waals surface area (Å²) in [4.78, 5) is 14.1. The van der Waals surface area contributed by atoms with Crippen molar-refractivity contribution in [2.24, 2.45) is 0 Å². The van der Waals surface area contributed by atoms with E-state index in [-0.39, 0.29) is 11.9 Å². The summed E-state index contributed by atoms with van der Waals surface area (Å²) >= 11 is 0. The van der Waals surface area contributed by atoms with Crippen LogP contribution in [0, 0.1) is 12.3 Å². The zero-order valence-corrected chi connectivity index (χ0v) is 9.45. The standard InChI is InChI=1S/C12H18N2O2/c1-2-3-6-14-7-8-16-9-11(14)12(15)13-10-4-5-10/h1,10-11H,3-9H2,(H,13,15). The molecule has 1 saturated carbocycles. The second kappa shape index (κ2) is 5.33. The molecule has 0 bridgehead atoms. The number of terminal acetylenes is 1. The molecular formula is C12H18N2O2. The summed E-state index contributed by atoms with van der Waals surface area (Å²) in [6, 6.07) is 0.256. The monoisotopic (exact) mass is 222 g/mol. The highest BCUT2D eigenvalue weighted by Gasteiger charge is 2.32. The predicted octanol–water partition coefficient (Wildman–Crippen LogP) is -0.0109. The van der Waals surface area contributed by atoms with Crippen LogP contribution in [0.25, 0.3) is 0 Å². The molecular weight excluding hydrogens is 204 g/mol. The van der Waals surface area contributed by atoms with Crippen LogP contribution in [0.5, 0.6) is 0 Å². The van der Waals surface area contributed by atoms with E-state index in [1.165, 1.54) is 0 Å². The average molecular weight is 222 g/mol. The Labute approximate surface area is 96.3 Å². The van der Waals surface area contributed by atoms with E-state index in [0.717, 1.165) is 25.9 Å². The first-order valence-corrected chi connectivity index (χ1v) is 5.87. The Morgan fingerprint density at radius 1 is 1.56 bits per heavy atom. The van der Waals surface area contributed by atoms with Gasteiger partial charge in [-0.2, -0.15) is 0 Å². The molecule has 1 atom stereocenters. The highest BCUT2D eigenvalue weighted by Crippen LogP contribution is 2.19. The molecule has 1 saturated heterocycles. The first kappa shape index (κ1) is 11.4. The van der Waals surface area contributed by atoms with E-state index in [4.69, 9.17) is 11.2 Å². The average Bonchev–Trinajstić information content (AvgIpc) is 3.10. The van der Waals surface area contributed by atoms with E-state index in [0.29, 0.717) is 25.7 Å². The number of hydrogen-bond donors (Lipinski definition) is 1. The van der Waals surface area contributed by atoms with Crippen LogP contribution >= 0.6 is 0 Å². The van der Waals surface area contributed by atoms with Gasteiger partial charge in [-0.3, -0.25) is 9.69 Å². The van der Waals surface area contributed by atoms with E-state index in [2.05, 4.69) is 16.1 Å². The molecule has 2 aliphatic rings. The van der Waals surface area contributed by atoms with Gasteiger partial charge in [0.25, 0.3) is 0 Å². The summed E-state index contributed by atoms with van der Waals surface area (Å²) in [6.45, 7) is 2.76. The molecule has 1 N–H and O–H groups in total. The van der Waals surface area contributed by atoms with Gasteiger partial charge in [0.05, 0.1) is 13.2 Å². The molecule has 0 spiro atoms. The lowest BCUT2D eigenvalue weighted by molar-refractivity contribution is -0.132. The maximum atomic E-state index is 11.9. The molecule has 2 fully saturated rings. The van der Waals surface area contributed by atoms with Gasteiger partial charge in [0.15, 0.2) is 0 Å². The number of ether oxygens (including phenoxy) is 1. The molecule has 4 heteroatoms. The van der Waals surface area contributed by atoms with Crippen LogP contribution in [0.2, 0.25) is 0 Å². The van der Waals surface area contributed by atoms with E-state index in [1.54, 1.807) is 0 Å². The summed E-state index contributed by atoms with van der Waals surface area (Å²) in [6.07, 6.45) is 8.17. The number of carbonyl (C=O) groups is 1. The van der Waals surface area contributed by atoms with Crippen LogP contribution in [0.3, 0.4) is 0 Å². The van der Waals surface area contributed by atoms with Crippen LogP contribution in [-0.2, 0) is 9.53 Å². The maximum Gasteiger partial charge on any atom is 0.239 e. The number of rotatable bonds is 4. The van der Waals surface area contributed by atoms with Gasteiger partial charge in [-0.25, -0.2) is 0 Å². The summed E-state index contributed by atoms with van der Waals surface area (Å²) in [7, 11) is 0. The van der Waals surface area contributed by atoms with Gasteiger partial charge in [0.2, 0.25) is 5.91 Å². The lowest BCUT2D eigenvalue weighted by atomic mass is 10.2. The molecule has 0 aromatic carbocycles. The molecule has 1 heterocycles. The van der Waals surface area contributed by atoms with E-state index < -0.39 is 0 Å². The van der Waals surface area contributed by atoms with Crippen LogP contribution in [0.15, 0.2) is 0 Å². The lowest BCUT2D eigenvalue weighted by Crippen LogP contribution is -2.54. The second-order valence-electron chi connectivity index (χ2n) is 4.36. The van der Waals surface area contributed by atoms with Crippen molar-refractivity contribution < 1.29 is 9.53 Å². The normalized spacial score (nSPS) is 26.1. The van der Waals surface area contributed by atoms with Crippen LogP contribution in [0.4, 0.5) is 0 Å². The minimum atomic E-state index is -0.150. The Balaban J connectivity index is 1.86. The van der Waals surface area contributed by atoms with Gasteiger partial charge in [0.1, 0.15) is 6.04 Å². The Morgan fingerprint density at radius 3 is 3.06 bits per heavy atom. The van der Waals surface area contributed by atoms with Gasteiger partial charge >= 0.3 is 0 Å². The fourth-order valence-electron chi connectivity index (χ4n) is 1.88. The van der Waals surface area contributed by atoms with Gasteiger partial charge in [-0.15, -0.1) is 12.3 Å². The van der Waals surface area contributed by atoms with Gasteiger partial charge in [0, 0.05) is 25.6 Å². The molecule has 2 rings (SSSR count).